The van der Waals surface area contributed by atoms with Crippen molar-refractivity contribution in [1.82, 2.24) is 4.31 Å². The van der Waals surface area contributed by atoms with E-state index in [9.17, 15) is 12.6 Å². The van der Waals surface area contributed by atoms with Gasteiger partial charge in [0.05, 0.1) is 0 Å². The Bertz CT molecular complexity index is 881. The Hall–Kier alpha value is 0.780. The summed E-state index contributed by atoms with van der Waals surface area (Å²) in [5, 5.41) is 5.07. The van der Waals surface area contributed by atoms with E-state index in [2.05, 4.69) is 0 Å². The van der Waals surface area contributed by atoms with Crippen molar-refractivity contribution < 1.29 is 16.3 Å². The zero-order valence-corrected chi connectivity index (χ0v) is 21.4. The van der Waals surface area contributed by atoms with E-state index in [0.29, 0.717) is 13.1 Å². The van der Waals surface area contributed by atoms with Crippen molar-refractivity contribution in [3.05, 3.63) is 0 Å². The number of nitrogens with one attached hydrogen (secondary N) is 1. The normalized spacial score (nSPS) is 45.9. The monoisotopic (exact) mass is 523 g/mol. The summed E-state index contributed by atoms with van der Waals surface area (Å²) in [6, 6.07) is 0. The Balaban J connectivity index is 0.00000241. The first kappa shape index (κ1) is 26.4. The first-order chi connectivity index (χ1) is 15.5. The Morgan fingerprint density at radius 1 is 0.706 bits per heavy atom. The number of rotatable bonds is 9. The molecule has 0 spiro atoms. The zero-order valence-electron chi connectivity index (χ0n) is 19.8. The molecule has 7 nitrogen and oxygen atoms in total. The fourth-order valence-electron chi connectivity index (χ4n) is 10.4. The molecule has 0 aromatic rings. The van der Waals surface area contributed by atoms with E-state index in [1.165, 1.54) is 77.0 Å². The topological polar surface area (TPSA) is 114 Å². The van der Waals surface area contributed by atoms with Crippen LogP contribution < -0.4 is 5.14 Å². The van der Waals surface area contributed by atoms with Gasteiger partial charge in [-0.1, -0.05) is 0 Å². The van der Waals surface area contributed by atoms with Crippen molar-refractivity contribution in [2.45, 2.75) is 89.9 Å². The van der Waals surface area contributed by atoms with E-state index >= 15 is 0 Å². The molecule has 1 unspecified atom stereocenters. The standard InChI is InChI=1S/C24H41N3O4S2.Na.H/c25-32(28,31-33(26,29)30)27(3-1-23-11-17-5-18(12-23)7-19(6-17)13-23)4-2-24-14-20-8-21(15-24)10-22(9-20)16-24;;/h17-22,25H,1-16H2,(H2,26,29,30);;. The van der Waals surface area contributed by atoms with Gasteiger partial charge in [0.25, 0.3) is 0 Å². The molecule has 8 fully saturated rings. The van der Waals surface area contributed by atoms with Crippen LogP contribution in [0.1, 0.15) is 89.9 Å². The SMILES string of the molecule is N=S(=O)(OS(N)(=O)=O)N(CCC12CC3CC(CC(C3)C1)C2)CCC12CC3CC(CC(C3)C1)C2.[NaH]. The van der Waals surface area contributed by atoms with Gasteiger partial charge in [-0.25, -0.2) is 14.1 Å². The number of nitrogens with zero attached hydrogens (tertiary/aromatic N) is 1. The van der Waals surface area contributed by atoms with E-state index in [0.717, 1.165) is 48.3 Å². The van der Waals surface area contributed by atoms with Crippen LogP contribution in [0.25, 0.3) is 0 Å². The minimum atomic E-state index is -4.46. The molecule has 8 aliphatic rings. The van der Waals surface area contributed by atoms with Crippen LogP contribution in [-0.4, -0.2) is 59.6 Å². The summed E-state index contributed by atoms with van der Waals surface area (Å²) in [4.78, 5) is 0. The molecule has 0 saturated heterocycles. The molecule has 1 atom stereocenters. The summed E-state index contributed by atoms with van der Waals surface area (Å²) in [6.45, 7) is 0.937. The van der Waals surface area contributed by atoms with E-state index in [-0.39, 0.29) is 40.4 Å². The molecule has 8 rings (SSSR count). The molecule has 8 saturated carbocycles. The predicted octanol–water partition coefficient (Wildman–Crippen LogP) is 3.95. The van der Waals surface area contributed by atoms with Crippen molar-refractivity contribution in [2.75, 3.05) is 13.1 Å². The van der Waals surface area contributed by atoms with Crippen LogP contribution in [0.4, 0.5) is 0 Å². The number of hydrogen-bond donors (Lipinski definition) is 2. The van der Waals surface area contributed by atoms with Gasteiger partial charge >= 0.3 is 39.9 Å². The molecule has 0 aromatic heterocycles. The first-order valence-corrected chi connectivity index (χ1v) is 16.2. The molecule has 0 radical (unpaired) electrons. The molecule has 0 aromatic carbocycles. The summed E-state index contributed by atoms with van der Waals surface area (Å²) in [5.74, 6) is 4.99. The van der Waals surface area contributed by atoms with Crippen LogP contribution in [0, 0.1) is 51.1 Å². The van der Waals surface area contributed by atoms with E-state index in [1.807, 2.05) is 0 Å². The van der Waals surface area contributed by atoms with Gasteiger partial charge in [-0.15, -0.1) is 3.63 Å². The molecule has 34 heavy (non-hydrogen) atoms. The second kappa shape index (κ2) is 9.21. The van der Waals surface area contributed by atoms with E-state index in [1.54, 1.807) is 4.31 Å². The maximum absolute atomic E-state index is 13.2. The maximum atomic E-state index is 13.2. The molecule has 8 bridgehead atoms. The Morgan fingerprint density at radius 3 is 1.26 bits per heavy atom. The van der Waals surface area contributed by atoms with Crippen molar-refractivity contribution in [3.8, 4) is 0 Å². The number of nitrogens with two attached hydrogens (primary N) is 1. The van der Waals surface area contributed by atoms with Crippen molar-refractivity contribution in [1.29, 1.82) is 4.78 Å². The van der Waals surface area contributed by atoms with Crippen molar-refractivity contribution in [3.63, 3.8) is 0 Å². The summed E-state index contributed by atoms with van der Waals surface area (Å²) < 4.78 is 51.2. The van der Waals surface area contributed by atoms with Gasteiger partial charge in [0.1, 0.15) is 0 Å². The zero-order chi connectivity index (χ0) is 23.1. The van der Waals surface area contributed by atoms with E-state index < -0.39 is 20.5 Å². The second-order valence-corrected chi connectivity index (χ2v) is 16.3. The third-order valence-electron chi connectivity index (χ3n) is 10.6. The van der Waals surface area contributed by atoms with Gasteiger partial charge < -0.3 is 0 Å². The fourth-order valence-corrected chi connectivity index (χ4v) is 12.5. The van der Waals surface area contributed by atoms with Gasteiger partial charge in [0.15, 0.2) is 0 Å². The average molecular weight is 524 g/mol. The minimum absolute atomic E-state index is 0. The van der Waals surface area contributed by atoms with Crippen LogP contribution in [0.15, 0.2) is 0 Å². The predicted molar refractivity (Wildman–Crippen MR) is 134 cm³/mol. The Kier molecular flexibility index (Phi) is 7.15. The average Bonchev–Trinajstić information content (AvgIpc) is 2.63. The second-order valence-electron chi connectivity index (χ2n) is 13.3. The molecular weight excluding hydrogens is 481 g/mol. The Labute approximate surface area is 228 Å². The van der Waals surface area contributed by atoms with Gasteiger partial charge in [0.2, 0.25) is 10.2 Å². The molecule has 3 N–H and O–H groups in total. The van der Waals surface area contributed by atoms with Gasteiger partial charge in [-0.3, -0.25) is 0 Å². The number of hydrogen-bond acceptors (Lipinski definition) is 5. The molecule has 190 valence electrons. The van der Waals surface area contributed by atoms with Crippen molar-refractivity contribution >= 4 is 50.1 Å². The Morgan fingerprint density at radius 2 is 1.00 bits per heavy atom. The molecular formula is C24H42N3NaO4S2. The van der Waals surface area contributed by atoms with Gasteiger partial charge in [-0.2, -0.15) is 12.7 Å². The van der Waals surface area contributed by atoms with Crippen molar-refractivity contribution in [2.24, 2.45) is 51.5 Å². The molecule has 0 amide bonds. The first-order valence-electron chi connectivity index (χ1n) is 13.3. The summed E-state index contributed by atoms with van der Waals surface area (Å²) in [5.41, 5.74) is 0.565. The fraction of sp³-hybridized carbons (Fsp3) is 1.00. The van der Waals surface area contributed by atoms with Crippen LogP contribution >= 0.6 is 0 Å². The van der Waals surface area contributed by atoms with Crippen LogP contribution in [0.5, 0.6) is 0 Å². The third-order valence-corrected chi connectivity index (χ3v) is 13.2. The van der Waals surface area contributed by atoms with Gasteiger partial charge in [0, 0.05) is 13.1 Å². The van der Waals surface area contributed by atoms with Crippen LogP contribution in [-0.2, 0) is 24.1 Å². The van der Waals surface area contributed by atoms with Crippen LogP contribution in [0.2, 0.25) is 0 Å². The van der Waals surface area contributed by atoms with Gasteiger partial charge in [-0.05, 0) is 136 Å². The van der Waals surface area contributed by atoms with E-state index in [4.69, 9.17) is 13.5 Å². The summed E-state index contributed by atoms with van der Waals surface area (Å²) in [7, 11) is -8.38. The van der Waals surface area contributed by atoms with Crippen LogP contribution in [0.3, 0.4) is 0 Å². The summed E-state index contributed by atoms with van der Waals surface area (Å²) in [6.07, 6.45) is 17.5. The molecule has 8 aliphatic carbocycles. The summed E-state index contributed by atoms with van der Waals surface area (Å²) >= 11 is 0. The molecule has 0 aliphatic heterocycles. The third kappa shape index (κ3) is 5.33. The molecule has 10 heteroatoms. The molecule has 0 heterocycles. The quantitative estimate of drug-likeness (QED) is 0.446.